The number of benzene rings is 1. The maximum atomic E-state index is 8.82. The van der Waals surface area contributed by atoms with Crippen LogP contribution in [0, 0.1) is 13.8 Å². The minimum atomic E-state index is 0.0123. The van der Waals surface area contributed by atoms with Gasteiger partial charge in [0.15, 0.2) is 5.84 Å². The van der Waals surface area contributed by atoms with E-state index in [-0.39, 0.29) is 5.84 Å². The largest absolute Gasteiger partial charge is 0.409 e. The number of amidine groups is 1. The predicted molar refractivity (Wildman–Crippen MR) is 70.6 cm³/mol. The predicted octanol–water partition coefficient (Wildman–Crippen LogP) is 2.24. The lowest BCUT2D eigenvalue weighted by Gasteiger charge is -2.11. The first-order valence-corrected chi connectivity index (χ1v) is 5.70. The summed E-state index contributed by atoms with van der Waals surface area (Å²) in [6, 6.07) is 5.21. The van der Waals surface area contributed by atoms with Gasteiger partial charge in [0.25, 0.3) is 0 Å². The highest BCUT2D eigenvalue weighted by molar-refractivity contribution is 6.31. The van der Waals surface area contributed by atoms with E-state index in [2.05, 4.69) is 10.1 Å². The van der Waals surface area contributed by atoms with E-state index in [0.29, 0.717) is 10.6 Å². The highest BCUT2D eigenvalue weighted by Crippen LogP contribution is 2.22. The number of hydrogen-bond donors (Lipinski definition) is 2. The van der Waals surface area contributed by atoms with Crippen LogP contribution < -0.4 is 5.73 Å². The van der Waals surface area contributed by atoms with Gasteiger partial charge in [-0.25, -0.2) is 4.98 Å². The Morgan fingerprint density at radius 1 is 1.44 bits per heavy atom. The SMILES string of the molecule is Cc1ncn(-c2ccc(Cl)cc2C(N)=NO)c1C. The molecule has 5 nitrogen and oxygen atoms in total. The van der Waals surface area contributed by atoms with Gasteiger partial charge in [0, 0.05) is 16.3 Å². The second-order valence-corrected chi connectivity index (χ2v) is 4.37. The number of nitrogens with two attached hydrogens (primary N) is 1. The van der Waals surface area contributed by atoms with Crippen LogP contribution in [0.25, 0.3) is 5.69 Å². The highest BCUT2D eigenvalue weighted by Gasteiger charge is 2.12. The Hall–Kier alpha value is -2.01. The summed E-state index contributed by atoms with van der Waals surface area (Å²) < 4.78 is 1.87. The lowest BCUT2D eigenvalue weighted by molar-refractivity contribution is 0.318. The van der Waals surface area contributed by atoms with Crippen molar-refractivity contribution in [2.45, 2.75) is 13.8 Å². The van der Waals surface area contributed by atoms with E-state index in [1.807, 2.05) is 24.5 Å². The van der Waals surface area contributed by atoms with Crippen LogP contribution in [0.2, 0.25) is 5.02 Å². The summed E-state index contributed by atoms with van der Waals surface area (Å²) in [5, 5.41) is 12.4. The molecule has 2 rings (SSSR count). The second kappa shape index (κ2) is 4.70. The molecule has 18 heavy (non-hydrogen) atoms. The van der Waals surface area contributed by atoms with Gasteiger partial charge >= 0.3 is 0 Å². The van der Waals surface area contributed by atoms with Gasteiger partial charge in [-0.05, 0) is 32.0 Å². The van der Waals surface area contributed by atoms with E-state index in [1.54, 1.807) is 18.5 Å². The standard InChI is InChI=1S/C12H13ClN4O/c1-7-8(2)17(6-15-7)11-4-3-9(13)5-10(11)12(14)16-18/h3-6,18H,1-2H3,(H2,14,16). The number of imidazole rings is 1. The summed E-state index contributed by atoms with van der Waals surface area (Å²) >= 11 is 5.93. The van der Waals surface area contributed by atoms with Crippen LogP contribution in [-0.4, -0.2) is 20.6 Å². The summed E-state index contributed by atoms with van der Waals surface area (Å²) in [5.41, 5.74) is 8.91. The van der Waals surface area contributed by atoms with Crippen molar-refractivity contribution < 1.29 is 5.21 Å². The molecule has 0 aliphatic rings. The van der Waals surface area contributed by atoms with Crippen LogP contribution in [0.15, 0.2) is 29.7 Å². The molecule has 0 radical (unpaired) electrons. The molecule has 0 bridgehead atoms. The molecule has 0 atom stereocenters. The van der Waals surface area contributed by atoms with Crippen LogP contribution in [0.1, 0.15) is 17.0 Å². The van der Waals surface area contributed by atoms with E-state index in [0.717, 1.165) is 17.1 Å². The van der Waals surface area contributed by atoms with Crippen molar-refractivity contribution in [3.63, 3.8) is 0 Å². The maximum absolute atomic E-state index is 8.82. The van der Waals surface area contributed by atoms with Gasteiger partial charge in [0.05, 0.1) is 17.7 Å². The zero-order valence-electron chi connectivity index (χ0n) is 10.1. The van der Waals surface area contributed by atoms with Crippen molar-refractivity contribution in [3.05, 3.63) is 46.5 Å². The summed E-state index contributed by atoms with van der Waals surface area (Å²) in [4.78, 5) is 4.23. The van der Waals surface area contributed by atoms with E-state index < -0.39 is 0 Å². The molecule has 6 heteroatoms. The summed E-state index contributed by atoms with van der Waals surface area (Å²) in [7, 11) is 0. The smallest absolute Gasteiger partial charge is 0.172 e. The van der Waals surface area contributed by atoms with Crippen molar-refractivity contribution in [1.29, 1.82) is 0 Å². The summed E-state index contributed by atoms with van der Waals surface area (Å²) in [6.07, 6.45) is 1.70. The van der Waals surface area contributed by atoms with Gasteiger partial charge < -0.3 is 15.5 Å². The Balaban J connectivity index is 2.68. The molecule has 2 aromatic rings. The zero-order chi connectivity index (χ0) is 13.3. The second-order valence-electron chi connectivity index (χ2n) is 3.93. The molecular weight excluding hydrogens is 252 g/mol. The maximum Gasteiger partial charge on any atom is 0.172 e. The van der Waals surface area contributed by atoms with Gasteiger partial charge in [-0.15, -0.1) is 0 Å². The first-order valence-electron chi connectivity index (χ1n) is 5.33. The zero-order valence-corrected chi connectivity index (χ0v) is 10.8. The molecule has 1 aromatic carbocycles. The van der Waals surface area contributed by atoms with Crippen molar-refractivity contribution in [2.75, 3.05) is 0 Å². The van der Waals surface area contributed by atoms with Crippen LogP contribution >= 0.6 is 11.6 Å². The fourth-order valence-electron chi connectivity index (χ4n) is 1.72. The summed E-state index contributed by atoms with van der Waals surface area (Å²) in [5.74, 6) is 0.0123. The monoisotopic (exact) mass is 264 g/mol. The highest BCUT2D eigenvalue weighted by atomic mass is 35.5. The van der Waals surface area contributed by atoms with Crippen LogP contribution in [0.5, 0.6) is 0 Å². The third-order valence-corrected chi connectivity index (χ3v) is 3.09. The Bertz CT molecular complexity index is 619. The van der Waals surface area contributed by atoms with E-state index in [4.69, 9.17) is 22.5 Å². The van der Waals surface area contributed by atoms with E-state index in [9.17, 15) is 0 Å². The molecule has 1 heterocycles. The number of oxime groups is 1. The number of rotatable bonds is 2. The van der Waals surface area contributed by atoms with Gasteiger partial charge in [0.1, 0.15) is 0 Å². The van der Waals surface area contributed by atoms with Gasteiger partial charge in [0.2, 0.25) is 0 Å². The molecule has 0 aliphatic carbocycles. The molecule has 0 amide bonds. The fraction of sp³-hybridized carbons (Fsp3) is 0.167. The third-order valence-electron chi connectivity index (χ3n) is 2.85. The van der Waals surface area contributed by atoms with Crippen molar-refractivity contribution >= 4 is 17.4 Å². The van der Waals surface area contributed by atoms with Gasteiger partial charge in [-0.1, -0.05) is 16.8 Å². The van der Waals surface area contributed by atoms with Gasteiger partial charge in [-0.3, -0.25) is 0 Å². The molecular formula is C12H13ClN4O. The third kappa shape index (κ3) is 2.04. The van der Waals surface area contributed by atoms with Gasteiger partial charge in [-0.2, -0.15) is 0 Å². The molecule has 0 saturated carbocycles. The number of nitrogens with zero attached hydrogens (tertiary/aromatic N) is 3. The molecule has 0 saturated heterocycles. The van der Waals surface area contributed by atoms with Crippen LogP contribution in [0.3, 0.4) is 0 Å². The summed E-state index contributed by atoms with van der Waals surface area (Å²) in [6.45, 7) is 3.87. The molecule has 0 fully saturated rings. The minimum absolute atomic E-state index is 0.0123. The normalized spacial score (nSPS) is 11.8. The average Bonchev–Trinajstić information content (AvgIpc) is 2.69. The van der Waals surface area contributed by atoms with Crippen molar-refractivity contribution in [3.8, 4) is 5.69 Å². The van der Waals surface area contributed by atoms with Crippen LogP contribution in [0.4, 0.5) is 0 Å². The van der Waals surface area contributed by atoms with E-state index in [1.165, 1.54) is 0 Å². The number of halogens is 1. The molecule has 3 N–H and O–H groups in total. The van der Waals surface area contributed by atoms with Crippen molar-refractivity contribution in [2.24, 2.45) is 10.9 Å². The first kappa shape index (κ1) is 12.4. The molecule has 0 spiro atoms. The Morgan fingerprint density at radius 3 is 2.72 bits per heavy atom. The average molecular weight is 265 g/mol. The fourth-order valence-corrected chi connectivity index (χ4v) is 1.89. The number of hydrogen-bond acceptors (Lipinski definition) is 3. The molecule has 1 aromatic heterocycles. The lowest BCUT2D eigenvalue weighted by atomic mass is 10.1. The quantitative estimate of drug-likeness (QED) is 0.378. The Kier molecular flexibility index (Phi) is 3.25. The van der Waals surface area contributed by atoms with Crippen LogP contribution in [-0.2, 0) is 0 Å². The van der Waals surface area contributed by atoms with Crippen molar-refractivity contribution in [1.82, 2.24) is 9.55 Å². The lowest BCUT2D eigenvalue weighted by Crippen LogP contribution is -2.16. The Morgan fingerprint density at radius 2 is 2.17 bits per heavy atom. The number of aryl methyl sites for hydroxylation is 1. The minimum Gasteiger partial charge on any atom is -0.409 e. The first-order chi connectivity index (χ1) is 8.54. The topological polar surface area (TPSA) is 76.4 Å². The molecule has 94 valence electrons. The number of aromatic nitrogens is 2. The Labute approximate surface area is 110 Å². The molecule has 0 aliphatic heterocycles. The molecule has 0 unspecified atom stereocenters. The van der Waals surface area contributed by atoms with E-state index >= 15 is 0 Å².